The number of ether oxygens (including phenoxy) is 1. The van der Waals surface area contributed by atoms with Crippen LogP contribution in [0.15, 0.2) is 48.5 Å². The highest BCUT2D eigenvalue weighted by Gasteiger charge is 2.05. The van der Waals surface area contributed by atoms with Crippen LogP contribution in [-0.2, 0) is 4.79 Å². The molecule has 0 fully saturated rings. The number of aliphatic hydroxyl groups excluding tert-OH is 1. The van der Waals surface area contributed by atoms with E-state index in [9.17, 15) is 14.3 Å². The van der Waals surface area contributed by atoms with Gasteiger partial charge in [0.2, 0.25) is 0 Å². The maximum Gasteiger partial charge on any atom is 0.262 e. The van der Waals surface area contributed by atoms with E-state index >= 15 is 0 Å². The first-order chi connectivity index (χ1) is 10.0. The molecule has 0 heterocycles. The zero-order chi connectivity index (χ0) is 15.2. The predicted octanol–water partition coefficient (Wildman–Crippen LogP) is 2.90. The molecule has 0 saturated carbocycles. The van der Waals surface area contributed by atoms with Crippen LogP contribution in [0.2, 0.25) is 0 Å². The molecule has 21 heavy (non-hydrogen) atoms. The molecule has 0 aliphatic carbocycles. The average Bonchev–Trinajstić information content (AvgIpc) is 2.48. The lowest BCUT2D eigenvalue weighted by Crippen LogP contribution is -2.20. The Bertz CT molecular complexity index is 594. The number of carbonyl (C=O) groups is 1. The Balaban J connectivity index is 1.84. The van der Waals surface area contributed by atoms with Gasteiger partial charge >= 0.3 is 0 Å². The third-order valence-electron chi connectivity index (χ3n) is 2.86. The zero-order valence-corrected chi connectivity index (χ0v) is 11.5. The van der Waals surface area contributed by atoms with E-state index in [0.29, 0.717) is 11.4 Å². The normalized spacial score (nSPS) is 11.8. The second-order valence-corrected chi connectivity index (χ2v) is 4.59. The van der Waals surface area contributed by atoms with Gasteiger partial charge in [-0.2, -0.15) is 0 Å². The van der Waals surface area contributed by atoms with Crippen LogP contribution < -0.4 is 10.1 Å². The molecule has 2 rings (SSSR count). The molecule has 2 aromatic carbocycles. The van der Waals surface area contributed by atoms with Crippen LogP contribution in [-0.4, -0.2) is 17.6 Å². The summed E-state index contributed by atoms with van der Waals surface area (Å²) in [7, 11) is 0. The number of benzene rings is 2. The Morgan fingerprint density at radius 3 is 2.38 bits per heavy atom. The molecule has 0 bridgehead atoms. The SMILES string of the molecule is CC(O)c1ccc(OCC(=O)Nc2ccc(F)cc2)cc1. The molecule has 0 aliphatic rings. The number of halogens is 1. The van der Waals surface area contributed by atoms with Crippen LogP contribution in [0, 0.1) is 5.82 Å². The molecule has 110 valence electrons. The van der Waals surface area contributed by atoms with Gasteiger partial charge in [0.05, 0.1) is 6.10 Å². The van der Waals surface area contributed by atoms with Gasteiger partial charge in [-0.3, -0.25) is 4.79 Å². The van der Waals surface area contributed by atoms with Crippen molar-refractivity contribution in [1.29, 1.82) is 0 Å². The fourth-order valence-corrected chi connectivity index (χ4v) is 1.72. The van der Waals surface area contributed by atoms with E-state index in [4.69, 9.17) is 4.74 Å². The lowest BCUT2D eigenvalue weighted by Gasteiger charge is -2.09. The molecule has 4 nitrogen and oxygen atoms in total. The number of rotatable bonds is 5. The summed E-state index contributed by atoms with van der Waals surface area (Å²) < 4.78 is 18.1. The van der Waals surface area contributed by atoms with Crippen LogP contribution in [0.5, 0.6) is 5.75 Å². The Hall–Kier alpha value is -2.40. The molecule has 5 heteroatoms. The van der Waals surface area contributed by atoms with Crippen molar-refractivity contribution < 1.29 is 19.0 Å². The first-order valence-electron chi connectivity index (χ1n) is 6.51. The Morgan fingerprint density at radius 2 is 1.81 bits per heavy atom. The van der Waals surface area contributed by atoms with Crippen molar-refractivity contribution in [2.45, 2.75) is 13.0 Å². The number of amides is 1. The maximum absolute atomic E-state index is 12.7. The molecule has 2 aromatic rings. The van der Waals surface area contributed by atoms with Crippen molar-refractivity contribution in [3.8, 4) is 5.75 Å². The van der Waals surface area contributed by atoms with Gasteiger partial charge in [0.15, 0.2) is 6.61 Å². The smallest absolute Gasteiger partial charge is 0.262 e. The van der Waals surface area contributed by atoms with E-state index in [1.54, 1.807) is 31.2 Å². The van der Waals surface area contributed by atoms with Crippen molar-refractivity contribution in [2.24, 2.45) is 0 Å². The van der Waals surface area contributed by atoms with Gasteiger partial charge < -0.3 is 15.2 Å². The van der Waals surface area contributed by atoms with Gasteiger partial charge in [0.1, 0.15) is 11.6 Å². The molecule has 0 spiro atoms. The highest BCUT2D eigenvalue weighted by Crippen LogP contribution is 2.17. The molecular formula is C16H16FNO3. The molecule has 0 aromatic heterocycles. The molecular weight excluding hydrogens is 273 g/mol. The molecule has 2 N–H and O–H groups in total. The van der Waals surface area contributed by atoms with E-state index in [2.05, 4.69) is 5.32 Å². The second kappa shape index (κ2) is 6.85. The standard InChI is InChI=1S/C16H16FNO3/c1-11(19)12-2-8-15(9-3-12)21-10-16(20)18-14-6-4-13(17)5-7-14/h2-9,11,19H,10H2,1H3,(H,18,20). The number of nitrogens with one attached hydrogen (secondary N) is 1. The summed E-state index contributed by atoms with van der Waals surface area (Å²) in [4.78, 5) is 11.7. The van der Waals surface area contributed by atoms with Crippen LogP contribution in [0.3, 0.4) is 0 Å². The fourth-order valence-electron chi connectivity index (χ4n) is 1.72. The summed E-state index contributed by atoms with van der Waals surface area (Å²) in [6.07, 6.45) is -0.541. The maximum atomic E-state index is 12.7. The summed E-state index contributed by atoms with van der Waals surface area (Å²) in [6, 6.07) is 12.3. The quantitative estimate of drug-likeness (QED) is 0.889. The molecule has 1 unspecified atom stereocenters. The third kappa shape index (κ3) is 4.57. The fraction of sp³-hybridized carbons (Fsp3) is 0.188. The minimum atomic E-state index is -0.541. The van der Waals surface area contributed by atoms with E-state index in [0.717, 1.165) is 5.56 Å². The van der Waals surface area contributed by atoms with E-state index in [-0.39, 0.29) is 18.3 Å². The molecule has 0 radical (unpaired) electrons. The molecule has 0 saturated heterocycles. The Morgan fingerprint density at radius 1 is 1.19 bits per heavy atom. The number of hydrogen-bond donors (Lipinski definition) is 2. The van der Waals surface area contributed by atoms with Crippen molar-refractivity contribution >= 4 is 11.6 Å². The summed E-state index contributed by atoms with van der Waals surface area (Å²) in [5.41, 5.74) is 1.28. The van der Waals surface area contributed by atoms with Crippen molar-refractivity contribution in [2.75, 3.05) is 11.9 Å². The Kier molecular flexibility index (Phi) is 4.90. The van der Waals surface area contributed by atoms with Gasteiger partial charge in [-0.25, -0.2) is 4.39 Å². The first kappa shape index (κ1) is 15.0. The monoisotopic (exact) mass is 289 g/mol. The van der Waals surface area contributed by atoms with Gasteiger partial charge in [-0.05, 0) is 48.9 Å². The summed E-state index contributed by atoms with van der Waals surface area (Å²) in [6.45, 7) is 1.53. The van der Waals surface area contributed by atoms with E-state index in [1.807, 2.05) is 0 Å². The number of anilines is 1. The molecule has 0 aliphatic heterocycles. The summed E-state index contributed by atoms with van der Waals surface area (Å²) in [5, 5.41) is 12.0. The lowest BCUT2D eigenvalue weighted by molar-refractivity contribution is -0.118. The van der Waals surface area contributed by atoms with Crippen LogP contribution in [0.1, 0.15) is 18.6 Å². The van der Waals surface area contributed by atoms with Crippen molar-refractivity contribution in [3.63, 3.8) is 0 Å². The molecule has 1 atom stereocenters. The average molecular weight is 289 g/mol. The van der Waals surface area contributed by atoms with Gasteiger partial charge in [0.25, 0.3) is 5.91 Å². The minimum absolute atomic E-state index is 0.147. The topological polar surface area (TPSA) is 58.6 Å². The largest absolute Gasteiger partial charge is 0.484 e. The van der Waals surface area contributed by atoms with E-state index < -0.39 is 6.10 Å². The van der Waals surface area contributed by atoms with Gasteiger partial charge in [-0.15, -0.1) is 0 Å². The highest BCUT2D eigenvalue weighted by molar-refractivity contribution is 5.91. The lowest BCUT2D eigenvalue weighted by atomic mass is 10.1. The Labute approximate surface area is 122 Å². The zero-order valence-electron chi connectivity index (χ0n) is 11.5. The predicted molar refractivity (Wildman–Crippen MR) is 77.6 cm³/mol. The number of hydrogen-bond acceptors (Lipinski definition) is 3. The van der Waals surface area contributed by atoms with Crippen molar-refractivity contribution in [3.05, 3.63) is 59.9 Å². The first-order valence-corrected chi connectivity index (χ1v) is 6.51. The van der Waals surface area contributed by atoms with Gasteiger partial charge in [0, 0.05) is 5.69 Å². The van der Waals surface area contributed by atoms with Crippen LogP contribution in [0.25, 0.3) is 0 Å². The summed E-state index contributed by atoms with van der Waals surface area (Å²) in [5.74, 6) is -0.155. The highest BCUT2D eigenvalue weighted by atomic mass is 19.1. The van der Waals surface area contributed by atoms with Crippen LogP contribution in [0.4, 0.5) is 10.1 Å². The number of aliphatic hydroxyl groups is 1. The second-order valence-electron chi connectivity index (χ2n) is 4.59. The summed E-state index contributed by atoms with van der Waals surface area (Å²) >= 11 is 0. The van der Waals surface area contributed by atoms with Crippen LogP contribution >= 0.6 is 0 Å². The third-order valence-corrected chi connectivity index (χ3v) is 2.86. The van der Waals surface area contributed by atoms with Gasteiger partial charge in [-0.1, -0.05) is 12.1 Å². The van der Waals surface area contributed by atoms with Crippen molar-refractivity contribution in [1.82, 2.24) is 0 Å². The molecule has 1 amide bonds. The number of carbonyl (C=O) groups excluding carboxylic acids is 1. The minimum Gasteiger partial charge on any atom is -0.484 e. The van der Waals surface area contributed by atoms with E-state index in [1.165, 1.54) is 24.3 Å².